The van der Waals surface area contributed by atoms with Crippen LogP contribution in [-0.2, 0) is 29.4 Å². The average Bonchev–Trinajstić information content (AvgIpc) is 3.72. The summed E-state index contributed by atoms with van der Waals surface area (Å²) in [6.45, 7) is 9.56. The van der Waals surface area contributed by atoms with Crippen molar-refractivity contribution in [2.45, 2.75) is 67.2 Å². The van der Waals surface area contributed by atoms with Crippen molar-refractivity contribution in [2.75, 3.05) is 25.5 Å². The van der Waals surface area contributed by atoms with Gasteiger partial charge >= 0.3 is 6.09 Å². The first kappa shape index (κ1) is 35.0. The Morgan fingerprint density at radius 2 is 1.94 bits per heavy atom. The number of methoxy groups -OCH3 is 1. The molecule has 4 heterocycles. The number of ether oxygens (including phenoxy) is 1. The molecule has 2 aliphatic heterocycles. The third-order valence-corrected chi connectivity index (χ3v) is 14.1. The number of rotatable bonds is 9. The number of amides is 3. The zero-order valence-electron chi connectivity index (χ0n) is 27.3. The fourth-order valence-electron chi connectivity index (χ4n) is 5.93. The molecule has 0 saturated heterocycles. The highest BCUT2D eigenvalue weighted by Gasteiger charge is 2.43. The first-order valence-corrected chi connectivity index (χ1v) is 19.1. The second kappa shape index (κ2) is 13.3. The number of anilines is 1. The van der Waals surface area contributed by atoms with Crippen LogP contribution in [0.1, 0.15) is 83.7 Å². The molecule has 256 valence electrons. The normalized spacial score (nSPS) is 19.2. The van der Waals surface area contributed by atoms with Crippen LogP contribution in [0.15, 0.2) is 37.1 Å². The van der Waals surface area contributed by atoms with Crippen LogP contribution in [0, 0.1) is 13.8 Å². The minimum Gasteiger partial charge on any atom is -0.453 e. The van der Waals surface area contributed by atoms with E-state index in [2.05, 4.69) is 20.0 Å². The van der Waals surface area contributed by atoms with Crippen molar-refractivity contribution in [2.24, 2.45) is 4.40 Å². The number of sulfone groups is 1. The van der Waals surface area contributed by atoms with E-state index >= 15 is 0 Å². The van der Waals surface area contributed by atoms with Crippen molar-refractivity contribution >= 4 is 72.7 Å². The molecule has 16 heteroatoms. The van der Waals surface area contributed by atoms with E-state index < -0.39 is 37.2 Å². The number of hydrogen-bond donors (Lipinski definition) is 3. The van der Waals surface area contributed by atoms with Crippen LogP contribution in [0.5, 0.6) is 0 Å². The number of benzene rings is 1. The summed E-state index contributed by atoms with van der Waals surface area (Å²) in [5.41, 5.74) is 4.40. The number of hydrogen-bond acceptors (Lipinski definition) is 9. The van der Waals surface area contributed by atoms with Crippen molar-refractivity contribution in [1.29, 1.82) is 0 Å². The third kappa shape index (κ3) is 6.31. The van der Waals surface area contributed by atoms with Gasteiger partial charge in [0.05, 0.1) is 29.5 Å². The van der Waals surface area contributed by atoms with E-state index in [0.29, 0.717) is 62.8 Å². The standard InChI is InChI=1S/C32H37N5O8S3/c1-7-11-33-30(39)28-18(4)25(35-19(28)5)14-22-21-13-20(9-10-24(21)36-29(22)38)16-34-48(43,44)27-15-23-26(37(8-2)32(40)45-6)12-17(3)47(41,42)31(23)46-27/h9-10,13-17,26,35H,7-8,11-12H2,1-6H3,(H,33,39)(H,36,38)/b22-14-,34-16?/t17-,26-/m0/s1. The van der Waals surface area contributed by atoms with Crippen molar-refractivity contribution < 1.29 is 36.0 Å². The van der Waals surface area contributed by atoms with Gasteiger partial charge in [-0.05, 0) is 75.9 Å². The lowest BCUT2D eigenvalue weighted by atomic mass is 10.0. The van der Waals surface area contributed by atoms with Gasteiger partial charge in [0.2, 0.25) is 0 Å². The fraction of sp³-hybridized carbons (Fsp3) is 0.375. The number of aryl methyl sites for hydroxylation is 1. The smallest absolute Gasteiger partial charge is 0.409 e. The molecule has 3 aromatic rings. The van der Waals surface area contributed by atoms with E-state index in [9.17, 15) is 31.2 Å². The van der Waals surface area contributed by atoms with Crippen LogP contribution in [0.3, 0.4) is 0 Å². The fourth-order valence-corrected chi connectivity index (χ4v) is 10.8. The molecule has 0 saturated carbocycles. The van der Waals surface area contributed by atoms with E-state index in [4.69, 9.17) is 4.74 Å². The largest absolute Gasteiger partial charge is 0.453 e. The van der Waals surface area contributed by atoms with E-state index in [1.165, 1.54) is 25.0 Å². The summed E-state index contributed by atoms with van der Waals surface area (Å²) in [5.74, 6) is -0.568. The zero-order valence-corrected chi connectivity index (χ0v) is 29.8. The lowest BCUT2D eigenvalue weighted by Crippen LogP contribution is -2.40. The Labute approximate surface area is 283 Å². The number of nitrogens with one attached hydrogen (secondary N) is 3. The molecule has 2 aromatic heterocycles. The maximum atomic E-state index is 13.4. The molecule has 0 radical (unpaired) electrons. The Balaban J connectivity index is 1.47. The Hall–Kier alpha value is -4.28. The second-order valence-electron chi connectivity index (χ2n) is 11.6. The zero-order chi connectivity index (χ0) is 35.1. The number of carbonyl (C=O) groups is 3. The second-order valence-corrected chi connectivity index (χ2v) is 17.1. The lowest BCUT2D eigenvalue weighted by molar-refractivity contribution is -0.110. The predicted molar refractivity (Wildman–Crippen MR) is 184 cm³/mol. The molecule has 0 bridgehead atoms. The Bertz CT molecular complexity index is 2090. The van der Waals surface area contributed by atoms with Gasteiger partial charge in [0.15, 0.2) is 9.84 Å². The summed E-state index contributed by atoms with van der Waals surface area (Å²) in [4.78, 5) is 42.7. The van der Waals surface area contributed by atoms with Crippen molar-refractivity contribution in [1.82, 2.24) is 15.2 Å². The number of H-pyrrole nitrogens is 1. The summed E-state index contributed by atoms with van der Waals surface area (Å²) in [6.07, 6.45) is 3.02. The number of aromatic nitrogens is 1. The van der Waals surface area contributed by atoms with Crippen LogP contribution in [0.2, 0.25) is 0 Å². The Morgan fingerprint density at radius 1 is 1.21 bits per heavy atom. The molecule has 1 aromatic carbocycles. The third-order valence-electron chi connectivity index (χ3n) is 8.48. The van der Waals surface area contributed by atoms with E-state index in [0.717, 1.165) is 12.6 Å². The summed E-state index contributed by atoms with van der Waals surface area (Å²) >= 11 is 0.608. The first-order chi connectivity index (χ1) is 22.6. The molecular formula is C32H37N5O8S3. The monoisotopic (exact) mass is 715 g/mol. The quantitative estimate of drug-likeness (QED) is 0.208. The lowest BCUT2D eigenvalue weighted by Gasteiger charge is -2.34. The molecule has 0 spiro atoms. The van der Waals surface area contributed by atoms with Crippen LogP contribution in [-0.4, -0.2) is 76.3 Å². The maximum absolute atomic E-state index is 13.4. The molecule has 2 aliphatic rings. The van der Waals surface area contributed by atoms with Gasteiger partial charge in [-0.3, -0.25) is 9.59 Å². The SMILES string of the molecule is CCCNC(=O)c1c(C)[nH]c(/C=C2\C(=O)Nc3ccc(C=NS(=O)(=O)c4cc5c(s4)S(=O)(=O)[C@@H](C)C[C@@H]5N(CC)C(=O)OC)cc32)c1C. The van der Waals surface area contributed by atoms with Gasteiger partial charge in [0.1, 0.15) is 8.42 Å². The number of sulfonamides is 1. The number of nitrogens with zero attached hydrogens (tertiary/aromatic N) is 2. The Morgan fingerprint density at radius 3 is 2.60 bits per heavy atom. The highest BCUT2D eigenvalue weighted by atomic mass is 32.3. The molecule has 48 heavy (non-hydrogen) atoms. The van der Waals surface area contributed by atoms with Gasteiger partial charge in [-0.2, -0.15) is 12.8 Å². The van der Waals surface area contributed by atoms with Gasteiger partial charge in [-0.25, -0.2) is 13.2 Å². The van der Waals surface area contributed by atoms with Crippen LogP contribution in [0.25, 0.3) is 11.6 Å². The van der Waals surface area contributed by atoms with Crippen LogP contribution < -0.4 is 10.6 Å². The van der Waals surface area contributed by atoms with Gasteiger partial charge in [0.25, 0.3) is 21.8 Å². The number of thiophene rings is 1. The number of carbonyl (C=O) groups excluding carboxylic acids is 3. The first-order valence-electron chi connectivity index (χ1n) is 15.3. The van der Waals surface area contributed by atoms with E-state index in [-0.39, 0.29) is 38.8 Å². The summed E-state index contributed by atoms with van der Waals surface area (Å²) in [5, 5.41) is 4.82. The average molecular weight is 716 g/mol. The molecule has 0 fully saturated rings. The molecular weight excluding hydrogens is 679 g/mol. The van der Waals surface area contributed by atoms with Gasteiger partial charge in [0, 0.05) is 47.5 Å². The van der Waals surface area contributed by atoms with Crippen molar-refractivity contribution in [3.05, 3.63) is 63.5 Å². The van der Waals surface area contributed by atoms with Crippen LogP contribution >= 0.6 is 11.3 Å². The number of fused-ring (bicyclic) bond motifs is 2. The predicted octanol–water partition coefficient (Wildman–Crippen LogP) is 4.83. The summed E-state index contributed by atoms with van der Waals surface area (Å²) in [6, 6.07) is 5.43. The van der Waals surface area contributed by atoms with Crippen molar-refractivity contribution in [3.63, 3.8) is 0 Å². The topological polar surface area (TPSA) is 184 Å². The summed E-state index contributed by atoms with van der Waals surface area (Å²) in [7, 11) is -6.97. The summed E-state index contributed by atoms with van der Waals surface area (Å²) < 4.78 is 61.7. The van der Waals surface area contributed by atoms with E-state index in [1.54, 1.807) is 45.0 Å². The molecule has 0 unspecified atom stereocenters. The maximum Gasteiger partial charge on any atom is 0.409 e. The minimum absolute atomic E-state index is 0.0877. The molecule has 3 amide bonds. The van der Waals surface area contributed by atoms with Gasteiger partial charge in [-0.15, -0.1) is 11.3 Å². The molecule has 2 atom stereocenters. The molecule has 5 rings (SSSR count). The highest BCUT2D eigenvalue weighted by Crippen LogP contribution is 2.45. The number of aromatic amines is 1. The molecule has 13 nitrogen and oxygen atoms in total. The van der Waals surface area contributed by atoms with Gasteiger partial charge < -0.3 is 25.3 Å². The van der Waals surface area contributed by atoms with E-state index in [1.807, 2.05) is 6.92 Å². The molecule has 0 aliphatic carbocycles. The highest BCUT2D eigenvalue weighted by molar-refractivity contribution is 7.96. The van der Waals surface area contributed by atoms with Crippen molar-refractivity contribution in [3.8, 4) is 0 Å². The van der Waals surface area contributed by atoms with Crippen LogP contribution in [0.4, 0.5) is 10.5 Å². The minimum atomic E-state index is -4.36. The van der Waals surface area contributed by atoms with Gasteiger partial charge in [-0.1, -0.05) is 13.0 Å². The molecule has 3 N–H and O–H groups in total. The Kier molecular flexibility index (Phi) is 9.72.